The summed E-state index contributed by atoms with van der Waals surface area (Å²) in [6, 6.07) is -0.644. The molecular formula is C17H27N3O5. The van der Waals surface area contributed by atoms with Crippen molar-refractivity contribution in [3.63, 3.8) is 0 Å². The van der Waals surface area contributed by atoms with Gasteiger partial charge >= 0.3 is 5.97 Å². The maximum Gasteiger partial charge on any atom is 0.328 e. The minimum atomic E-state index is -0.644. The van der Waals surface area contributed by atoms with Gasteiger partial charge in [-0.15, -0.1) is 0 Å². The first-order valence-electron chi connectivity index (χ1n) is 8.60. The Morgan fingerprint density at radius 1 is 1.12 bits per heavy atom. The molecule has 0 aromatic carbocycles. The van der Waals surface area contributed by atoms with Crippen molar-refractivity contribution in [1.29, 1.82) is 0 Å². The smallest absolute Gasteiger partial charge is 0.328 e. The minimum Gasteiger partial charge on any atom is -0.467 e. The van der Waals surface area contributed by atoms with Crippen molar-refractivity contribution >= 4 is 23.7 Å². The molecule has 1 rings (SSSR count). The Morgan fingerprint density at radius 2 is 1.80 bits per heavy atom. The summed E-state index contributed by atoms with van der Waals surface area (Å²) in [6.07, 6.45) is 6.79. The zero-order chi connectivity index (χ0) is 18.7. The predicted octanol–water partition coefficient (Wildman–Crippen LogP) is 0.259. The molecule has 0 saturated heterocycles. The fourth-order valence-corrected chi connectivity index (χ4v) is 2.53. The third kappa shape index (κ3) is 7.47. The standard InChI is InChI=1S/C17H27N3O5/c1-25-17(24)13(7-4-5-11-18)19-14(21)8-3-2-6-12-20-15(22)9-10-16(20)23/h9-10,13H,2-8,11-12,18H2,1H3,(H,19,21). The van der Waals surface area contributed by atoms with Crippen LogP contribution >= 0.6 is 0 Å². The summed E-state index contributed by atoms with van der Waals surface area (Å²) in [5.74, 6) is -1.25. The predicted molar refractivity (Wildman–Crippen MR) is 91.2 cm³/mol. The molecule has 0 fully saturated rings. The quantitative estimate of drug-likeness (QED) is 0.295. The van der Waals surface area contributed by atoms with E-state index in [9.17, 15) is 19.2 Å². The summed E-state index contributed by atoms with van der Waals surface area (Å²) in [5.41, 5.74) is 5.43. The summed E-state index contributed by atoms with van der Waals surface area (Å²) in [6.45, 7) is 0.898. The van der Waals surface area contributed by atoms with Crippen LogP contribution in [0, 0.1) is 0 Å². The number of unbranched alkanes of at least 4 members (excludes halogenated alkanes) is 3. The lowest BCUT2D eigenvalue weighted by atomic mass is 10.1. The average Bonchev–Trinajstić information content (AvgIpc) is 2.91. The number of carbonyl (C=O) groups is 4. The van der Waals surface area contributed by atoms with Gasteiger partial charge in [-0.3, -0.25) is 19.3 Å². The molecule has 1 aliphatic heterocycles. The van der Waals surface area contributed by atoms with Crippen LogP contribution in [-0.2, 0) is 23.9 Å². The van der Waals surface area contributed by atoms with Crippen LogP contribution in [0.2, 0.25) is 0 Å². The SMILES string of the molecule is COC(=O)C(CCCCN)NC(=O)CCCCCN1C(=O)C=CC1=O. The van der Waals surface area contributed by atoms with Crippen molar-refractivity contribution in [2.45, 2.75) is 51.0 Å². The Hall–Kier alpha value is -2.22. The van der Waals surface area contributed by atoms with E-state index in [-0.39, 0.29) is 24.1 Å². The summed E-state index contributed by atoms with van der Waals surface area (Å²) in [5, 5.41) is 2.69. The lowest BCUT2D eigenvalue weighted by Gasteiger charge is -2.16. The zero-order valence-electron chi connectivity index (χ0n) is 14.7. The number of nitrogens with one attached hydrogen (secondary N) is 1. The molecule has 0 aromatic heterocycles. The molecule has 0 radical (unpaired) electrons. The van der Waals surface area contributed by atoms with E-state index in [1.165, 1.54) is 24.2 Å². The van der Waals surface area contributed by atoms with E-state index in [0.717, 1.165) is 12.8 Å². The van der Waals surface area contributed by atoms with Crippen molar-refractivity contribution in [2.24, 2.45) is 5.73 Å². The highest BCUT2D eigenvalue weighted by molar-refractivity contribution is 6.12. The number of methoxy groups -OCH3 is 1. The first-order valence-corrected chi connectivity index (χ1v) is 8.60. The van der Waals surface area contributed by atoms with Crippen molar-refractivity contribution in [2.75, 3.05) is 20.2 Å². The van der Waals surface area contributed by atoms with Gasteiger partial charge in [0.15, 0.2) is 0 Å². The number of imide groups is 1. The van der Waals surface area contributed by atoms with Crippen molar-refractivity contribution in [1.82, 2.24) is 10.2 Å². The number of hydrogen-bond acceptors (Lipinski definition) is 6. The summed E-state index contributed by atoms with van der Waals surface area (Å²) in [4.78, 5) is 47.6. The maximum atomic E-state index is 12.0. The van der Waals surface area contributed by atoms with E-state index in [4.69, 9.17) is 10.5 Å². The lowest BCUT2D eigenvalue weighted by Crippen LogP contribution is -2.41. The molecule has 140 valence electrons. The molecule has 3 amide bonds. The Balaban J connectivity index is 2.22. The van der Waals surface area contributed by atoms with Crippen molar-refractivity contribution < 1.29 is 23.9 Å². The third-order valence-electron chi connectivity index (χ3n) is 3.95. The number of esters is 1. The molecule has 8 heteroatoms. The lowest BCUT2D eigenvalue weighted by molar-refractivity contribution is -0.145. The van der Waals surface area contributed by atoms with Crippen LogP contribution in [-0.4, -0.2) is 54.8 Å². The van der Waals surface area contributed by atoms with Crippen LogP contribution in [0.5, 0.6) is 0 Å². The van der Waals surface area contributed by atoms with Gasteiger partial charge in [0, 0.05) is 25.1 Å². The zero-order valence-corrected chi connectivity index (χ0v) is 14.7. The topological polar surface area (TPSA) is 119 Å². The second-order valence-electron chi connectivity index (χ2n) is 5.90. The molecule has 0 spiro atoms. The molecule has 1 aliphatic rings. The highest BCUT2D eigenvalue weighted by Gasteiger charge is 2.23. The van der Waals surface area contributed by atoms with Crippen LogP contribution < -0.4 is 11.1 Å². The molecule has 0 saturated carbocycles. The first kappa shape index (κ1) is 20.8. The fourth-order valence-electron chi connectivity index (χ4n) is 2.53. The van der Waals surface area contributed by atoms with Gasteiger partial charge in [-0.05, 0) is 38.6 Å². The molecule has 1 unspecified atom stereocenters. The number of ether oxygens (including phenoxy) is 1. The molecule has 0 aromatic rings. The summed E-state index contributed by atoms with van der Waals surface area (Å²) < 4.78 is 4.70. The van der Waals surface area contributed by atoms with Crippen LogP contribution in [0.15, 0.2) is 12.2 Å². The summed E-state index contributed by atoms with van der Waals surface area (Å²) >= 11 is 0. The van der Waals surface area contributed by atoms with Crippen LogP contribution in [0.25, 0.3) is 0 Å². The second kappa shape index (κ2) is 11.4. The van der Waals surface area contributed by atoms with Crippen molar-refractivity contribution in [3.8, 4) is 0 Å². The van der Waals surface area contributed by atoms with Gasteiger partial charge in [0.25, 0.3) is 11.8 Å². The van der Waals surface area contributed by atoms with Gasteiger partial charge in [-0.25, -0.2) is 4.79 Å². The molecule has 1 atom stereocenters. The summed E-state index contributed by atoms with van der Waals surface area (Å²) in [7, 11) is 1.29. The maximum absolute atomic E-state index is 12.0. The number of nitrogens with two attached hydrogens (primary N) is 1. The van der Waals surface area contributed by atoms with Crippen LogP contribution in [0.4, 0.5) is 0 Å². The van der Waals surface area contributed by atoms with Gasteiger partial charge in [0.1, 0.15) is 6.04 Å². The van der Waals surface area contributed by atoms with Crippen LogP contribution in [0.1, 0.15) is 44.9 Å². The number of nitrogens with zero attached hydrogens (tertiary/aromatic N) is 1. The molecule has 0 aliphatic carbocycles. The first-order chi connectivity index (χ1) is 12.0. The fraction of sp³-hybridized carbons (Fsp3) is 0.647. The molecule has 1 heterocycles. The number of carbonyl (C=O) groups excluding carboxylic acids is 4. The van der Waals surface area contributed by atoms with Crippen molar-refractivity contribution in [3.05, 3.63) is 12.2 Å². The normalized spacial score (nSPS) is 14.7. The Morgan fingerprint density at radius 3 is 2.40 bits per heavy atom. The molecular weight excluding hydrogens is 326 g/mol. The van der Waals surface area contributed by atoms with E-state index in [0.29, 0.717) is 38.8 Å². The van der Waals surface area contributed by atoms with Crippen LogP contribution in [0.3, 0.4) is 0 Å². The molecule has 3 N–H and O–H groups in total. The molecule has 25 heavy (non-hydrogen) atoms. The Labute approximate surface area is 147 Å². The van der Waals surface area contributed by atoms with Gasteiger partial charge in [0.05, 0.1) is 7.11 Å². The third-order valence-corrected chi connectivity index (χ3v) is 3.95. The average molecular weight is 353 g/mol. The van der Waals surface area contributed by atoms with E-state index in [2.05, 4.69) is 5.32 Å². The highest BCUT2D eigenvalue weighted by atomic mass is 16.5. The van der Waals surface area contributed by atoms with Gasteiger partial charge in [-0.1, -0.05) is 6.42 Å². The number of amides is 3. The highest BCUT2D eigenvalue weighted by Crippen LogP contribution is 2.08. The Kier molecular flexibility index (Phi) is 9.46. The monoisotopic (exact) mass is 353 g/mol. The van der Waals surface area contributed by atoms with Gasteiger partial charge in [-0.2, -0.15) is 0 Å². The van der Waals surface area contributed by atoms with E-state index in [1.54, 1.807) is 0 Å². The van der Waals surface area contributed by atoms with E-state index < -0.39 is 12.0 Å². The van der Waals surface area contributed by atoms with Gasteiger partial charge < -0.3 is 15.8 Å². The molecule has 8 nitrogen and oxygen atoms in total. The molecule has 0 bridgehead atoms. The van der Waals surface area contributed by atoms with E-state index in [1.807, 2.05) is 0 Å². The van der Waals surface area contributed by atoms with E-state index >= 15 is 0 Å². The van der Waals surface area contributed by atoms with Gasteiger partial charge in [0.2, 0.25) is 5.91 Å². The number of rotatable bonds is 12. The number of hydrogen-bond donors (Lipinski definition) is 2. The second-order valence-corrected chi connectivity index (χ2v) is 5.90. The minimum absolute atomic E-state index is 0.210. The largest absolute Gasteiger partial charge is 0.467 e. The Bertz CT molecular complexity index is 500.